The number of aromatic nitrogens is 2. The molecule has 0 aliphatic heterocycles. The molecule has 0 bridgehead atoms. The molecule has 1 amide bonds. The van der Waals surface area contributed by atoms with Gasteiger partial charge in [-0.05, 0) is 18.1 Å². The van der Waals surface area contributed by atoms with E-state index in [1.165, 1.54) is 0 Å². The quantitative estimate of drug-likeness (QED) is 0.795. The van der Waals surface area contributed by atoms with Gasteiger partial charge in [0, 0.05) is 0 Å². The Kier molecular flexibility index (Phi) is 4.69. The number of para-hydroxylation sites is 2. The van der Waals surface area contributed by atoms with Gasteiger partial charge >= 0.3 is 0 Å². The van der Waals surface area contributed by atoms with E-state index >= 15 is 0 Å². The lowest BCUT2D eigenvalue weighted by molar-refractivity contribution is -0.118. The van der Waals surface area contributed by atoms with Gasteiger partial charge in [0.2, 0.25) is 11.9 Å². The molecular formula is C12H17ClN4O. The number of halogens is 1. The normalized spacial score (nSPS) is 12.2. The smallest absolute Gasteiger partial charge is 0.243 e. The number of aromatic amines is 1. The van der Waals surface area contributed by atoms with Crippen molar-refractivity contribution in [2.24, 2.45) is 11.7 Å². The van der Waals surface area contributed by atoms with Gasteiger partial charge in [-0.3, -0.25) is 10.1 Å². The highest BCUT2D eigenvalue weighted by molar-refractivity contribution is 5.94. The summed E-state index contributed by atoms with van der Waals surface area (Å²) in [7, 11) is 0. The van der Waals surface area contributed by atoms with E-state index in [1.54, 1.807) is 0 Å². The number of fused-ring (bicyclic) bond motifs is 1. The average Bonchev–Trinajstić information content (AvgIpc) is 2.69. The van der Waals surface area contributed by atoms with Crippen LogP contribution in [0.1, 0.15) is 13.8 Å². The molecule has 1 aromatic heterocycles. The maximum atomic E-state index is 11.7. The van der Waals surface area contributed by atoms with E-state index in [2.05, 4.69) is 15.3 Å². The molecular weight excluding hydrogens is 252 g/mol. The number of hydrogen-bond donors (Lipinski definition) is 3. The summed E-state index contributed by atoms with van der Waals surface area (Å²) in [6, 6.07) is 7.06. The summed E-state index contributed by atoms with van der Waals surface area (Å²) in [5.41, 5.74) is 7.46. The number of anilines is 1. The van der Waals surface area contributed by atoms with Crippen molar-refractivity contribution < 1.29 is 4.79 Å². The zero-order chi connectivity index (χ0) is 12.4. The highest BCUT2D eigenvalue weighted by Gasteiger charge is 2.18. The molecule has 2 rings (SSSR count). The van der Waals surface area contributed by atoms with Gasteiger partial charge in [-0.1, -0.05) is 26.0 Å². The minimum atomic E-state index is -0.525. The van der Waals surface area contributed by atoms with E-state index in [0.29, 0.717) is 5.95 Å². The molecule has 0 spiro atoms. The molecule has 1 heterocycles. The minimum Gasteiger partial charge on any atom is -0.324 e. The predicted molar refractivity (Wildman–Crippen MR) is 74.8 cm³/mol. The van der Waals surface area contributed by atoms with Crippen LogP contribution in [0.15, 0.2) is 24.3 Å². The van der Waals surface area contributed by atoms with Gasteiger partial charge in [-0.2, -0.15) is 0 Å². The first-order valence-corrected chi connectivity index (χ1v) is 5.59. The molecule has 0 aliphatic rings. The fraction of sp³-hybridized carbons (Fsp3) is 0.333. The van der Waals surface area contributed by atoms with Crippen molar-refractivity contribution in [2.45, 2.75) is 19.9 Å². The van der Waals surface area contributed by atoms with Crippen LogP contribution in [-0.4, -0.2) is 21.9 Å². The first-order valence-electron chi connectivity index (χ1n) is 5.59. The van der Waals surface area contributed by atoms with Crippen LogP contribution in [0.3, 0.4) is 0 Å². The molecule has 1 atom stereocenters. The summed E-state index contributed by atoms with van der Waals surface area (Å²) in [6.45, 7) is 3.81. The zero-order valence-corrected chi connectivity index (χ0v) is 11.1. The lowest BCUT2D eigenvalue weighted by Crippen LogP contribution is -2.39. The standard InChI is InChI=1S/C12H16N4O.ClH/c1-7(2)10(13)11(17)16-12-14-8-5-3-4-6-9(8)15-12;/h3-7,10H,13H2,1-2H3,(H2,14,15,16,17);1H. The molecule has 1 aromatic carbocycles. The Morgan fingerprint density at radius 2 is 2.06 bits per heavy atom. The monoisotopic (exact) mass is 268 g/mol. The van der Waals surface area contributed by atoms with Crippen LogP contribution in [0, 0.1) is 5.92 Å². The molecule has 0 saturated carbocycles. The van der Waals surface area contributed by atoms with Crippen molar-refractivity contribution in [3.63, 3.8) is 0 Å². The Balaban J connectivity index is 0.00000162. The van der Waals surface area contributed by atoms with E-state index in [-0.39, 0.29) is 24.2 Å². The van der Waals surface area contributed by atoms with Crippen LogP contribution in [-0.2, 0) is 4.79 Å². The molecule has 5 nitrogen and oxygen atoms in total. The third-order valence-corrected chi connectivity index (χ3v) is 2.65. The second-order valence-corrected chi connectivity index (χ2v) is 4.36. The Morgan fingerprint density at radius 1 is 1.39 bits per heavy atom. The van der Waals surface area contributed by atoms with Gasteiger partial charge in [-0.25, -0.2) is 4.98 Å². The number of rotatable bonds is 3. The van der Waals surface area contributed by atoms with Crippen LogP contribution in [0.2, 0.25) is 0 Å². The van der Waals surface area contributed by atoms with Gasteiger partial charge in [0.05, 0.1) is 17.1 Å². The van der Waals surface area contributed by atoms with Gasteiger partial charge in [0.15, 0.2) is 0 Å². The van der Waals surface area contributed by atoms with Crippen LogP contribution in [0.25, 0.3) is 11.0 Å². The second kappa shape index (κ2) is 5.84. The Hall–Kier alpha value is -1.59. The van der Waals surface area contributed by atoms with Gasteiger partial charge in [0.1, 0.15) is 0 Å². The van der Waals surface area contributed by atoms with E-state index in [9.17, 15) is 4.79 Å². The lowest BCUT2D eigenvalue weighted by Gasteiger charge is -2.13. The third kappa shape index (κ3) is 3.00. The highest BCUT2D eigenvalue weighted by atomic mass is 35.5. The number of amides is 1. The lowest BCUT2D eigenvalue weighted by atomic mass is 10.1. The molecule has 0 fully saturated rings. The number of carbonyl (C=O) groups is 1. The summed E-state index contributed by atoms with van der Waals surface area (Å²) >= 11 is 0. The molecule has 4 N–H and O–H groups in total. The highest BCUT2D eigenvalue weighted by Crippen LogP contribution is 2.13. The van der Waals surface area contributed by atoms with E-state index < -0.39 is 6.04 Å². The Labute approximate surface area is 112 Å². The molecule has 0 radical (unpaired) electrons. The topological polar surface area (TPSA) is 83.8 Å². The third-order valence-electron chi connectivity index (χ3n) is 2.65. The first kappa shape index (κ1) is 14.5. The maximum Gasteiger partial charge on any atom is 0.243 e. The first-order chi connectivity index (χ1) is 8.08. The van der Waals surface area contributed by atoms with Crippen LogP contribution >= 0.6 is 12.4 Å². The molecule has 98 valence electrons. The minimum absolute atomic E-state index is 0. The molecule has 0 aliphatic carbocycles. The number of H-pyrrole nitrogens is 1. The van der Waals surface area contributed by atoms with Gasteiger partial charge in [0.25, 0.3) is 0 Å². The van der Waals surface area contributed by atoms with E-state index in [0.717, 1.165) is 11.0 Å². The number of nitrogens with one attached hydrogen (secondary N) is 2. The van der Waals surface area contributed by atoms with Crippen LogP contribution < -0.4 is 11.1 Å². The van der Waals surface area contributed by atoms with Crippen LogP contribution in [0.5, 0.6) is 0 Å². The number of benzene rings is 1. The maximum absolute atomic E-state index is 11.7. The average molecular weight is 269 g/mol. The summed E-state index contributed by atoms with van der Waals surface area (Å²) in [4.78, 5) is 19.0. The zero-order valence-electron chi connectivity index (χ0n) is 10.3. The molecule has 1 unspecified atom stereocenters. The number of imidazole rings is 1. The molecule has 6 heteroatoms. The van der Waals surface area contributed by atoms with Gasteiger partial charge in [-0.15, -0.1) is 12.4 Å². The van der Waals surface area contributed by atoms with E-state index in [1.807, 2.05) is 38.1 Å². The fourth-order valence-electron chi connectivity index (χ4n) is 1.51. The van der Waals surface area contributed by atoms with Gasteiger partial charge < -0.3 is 10.7 Å². The van der Waals surface area contributed by atoms with Crippen LogP contribution in [0.4, 0.5) is 5.95 Å². The SMILES string of the molecule is CC(C)C(N)C(=O)Nc1nc2ccccc2[nH]1.Cl. The van der Waals surface area contributed by atoms with Crippen molar-refractivity contribution >= 4 is 35.3 Å². The van der Waals surface area contributed by atoms with E-state index in [4.69, 9.17) is 5.73 Å². The summed E-state index contributed by atoms with van der Waals surface area (Å²) in [6.07, 6.45) is 0. The second-order valence-electron chi connectivity index (χ2n) is 4.36. The molecule has 18 heavy (non-hydrogen) atoms. The summed E-state index contributed by atoms with van der Waals surface area (Å²) in [5, 5.41) is 2.68. The summed E-state index contributed by atoms with van der Waals surface area (Å²) < 4.78 is 0. The van der Waals surface area contributed by atoms with Crippen molar-refractivity contribution in [3.05, 3.63) is 24.3 Å². The Bertz CT molecular complexity index is 505. The molecule has 2 aromatic rings. The number of nitrogens with zero attached hydrogens (tertiary/aromatic N) is 1. The molecule has 0 saturated heterocycles. The van der Waals surface area contributed by atoms with Crippen molar-refractivity contribution in [2.75, 3.05) is 5.32 Å². The fourth-order valence-corrected chi connectivity index (χ4v) is 1.51. The summed E-state index contributed by atoms with van der Waals surface area (Å²) in [5.74, 6) is 0.311. The predicted octanol–water partition coefficient (Wildman–Crippen LogP) is 1.91. The van der Waals surface area contributed by atoms with Crippen molar-refractivity contribution in [1.29, 1.82) is 0 Å². The number of hydrogen-bond acceptors (Lipinski definition) is 3. The number of carbonyl (C=O) groups excluding carboxylic acids is 1. The number of nitrogens with two attached hydrogens (primary N) is 1. The van der Waals surface area contributed by atoms with Crippen molar-refractivity contribution in [3.8, 4) is 0 Å². The van der Waals surface area contributed by atoms with Crippen molar-refractivity contribution in [1.82, 2.24) is 9.97 Å². The largest absolute Gasteiger partial charge is 0.324 e. The Morgan fingerprint density at radius 3 is 2.67 bits per heavy atom.